The van der Waals surface area contributed by atoms with Gasteiger partial charge in [0, 0.05) is 19.2 Å². The quantitative estimate of drug-likeness (QED) is 0.425. The Hall–Kier alpha value is -3.03. The van der Waals surface area contributed by atoms with Crippen LogP contribution in [-0.4, -0.2) is 24.2 Å². The molecular formula is C21H20N2O4S. The number of hydrogen-bond donors (Lipinski definition) is 0. The Morgan fingerprint density at radius 1 is 0.786 bits per heavy atom. The molecule has 3 aromatic carbocycles. The molecule has 0 spiro atoms. The third-order valence-electron chi connectivity index (χ3n) is 4.37. The average Bonchev–Trinajstić information content (AvgIpc) is 2.72. The van der Waals surface area contributed by atoms with Crippen LogP contribution in [0.15, 0.2) is 89.8 Å². The van der Waals surface area contributed by atoms with Crippen LogP contribution in [0.5, 0.6) is 0 Å². The summed E-state index contributed by atoms with van der Waals surface area (Å²) >= 11 is 0. The Balaban J connectivity index is 1.96. The summed E-state index contributed by atoms with van der Waals surface area (Å²) in [5.74, 6) is 0. The molecule has 0 bridgehead atoms. The van der Waals surface area contributed by atoms with Crippen molar-refractivity contribution < 1.29 is 13.3 Å². The van der Waals surface area contributed by atoms with E-state index in [1.165, 1.54) is 28.6 Å². The SMILES string of the molecule is O=[N+]([O-])c1ccccc1S(=O)(=O)N(CCc1ccccc1)Cc1ccccc1. The van der Waals surface area contributed by atoms with Crippen molar-refractivity contribution in [3.63, 3.8) is 0 Å². The zero-order chi connectivity index (χ0) is 20.0. The summed E-state index contributed by atoms with van der Waals surface area (Å²) in [6.45, 7) is 0.356. The molecule has 6 nitrogen and oxygen atoms in total. The lowest BCUT2D eigenvalue weighted by atomic mass is 10.1. The molecule has 0 heterocycles. The normalized spacial score (nSPS) is 11.5. The monoisotopic (exact) mass is 396 g/mol. The van der Waals surface area contributed by atoms with E-state index in [0.29, 0.717) is 6.42 Å². The predicted octanol–water partition coefficient (Wildman–Crippen LogP) is 4.03. The minimum absolute atomic E-state index is 0.141. The van der Waals surface area contributed by atoms with Gasteiger partial charge in [-0.15, -0.1) is 0 Å². The fourth-order valence-corrected chi connectivity index (χ4v) is 4.52. The lowest BCUT2D eigenvalue weighted by molar-refractivity contribution is -0.387. The van der Waals surface area contributed by atoms with Gasteiger partial charge in [-0.3, -0.25) is 10.1 Å². The summed E-state index contributed by atoms with van der Waals surface area (Å²) in [6, 6.07) is 24.2. The van der Waals surface area contributed by atoms with Crippen molar-refractivity contribution in [1.29, 1.82) is 0 Å². The third kappa shape index (κ3) is 4.62. The molecular weight excluding hydrogens is 376 g/mol. The van der Waals surface area contributed by atoms with E-state index in [1.807, 2.05) is 60.7 Å². The van der Waals surface area contributed by atoms with Gasteiger partial charge in [0.25, 0.3) is 5.69 Å². The summed E-state index contributed by atoms with van der Waals surface area (Å²) in [7, 11) is -4.05. The first-order valence-corrected chi connectivity index (χ1v) is 10.2. The molecule has 7 heteroatoms. The van der Waals surface area contributed by atoms with E-state index in [9.17, 15) is 18.5 Å². The van der Waals surface area contributed by atoms with Crippen LogP contribution in [0.2, 0.25) is 0 Å². The smallest absolute Gasteiger partial charge is 0.258 e. The molecule has 0 saturated carbocycles. The first-order chi connectivity index (χ1) is 13.5. The lowest BCUT2D eigenvalue weighted by Crippen LogP contribution is -2.33. The number of nitrogens with zero attached hydrogens (tertiary/aromatic N) is 2. The number of para-hydroxylation sites is 1. The van der Waals surface area contributed by atoms with Gasteiger partial charge < -0.3 is 0 Å². The molecule has 144 valence electrons. The van der Waals surface area contributed by atoms with Crippen LogP contribution in [-0.2, 0) is 23.0 Å². The fraction of sp³-hybridized carbons (Fsp3) is 0.143. The lowest BCUT2D eigenvalue weighted by Gasteiger charge is -2.22. The first-order valence-electron chi connectivity index (χ1n) is 8.80. The second-order valence-corrected chi connectivity index (χ2v) is 8.19. The highest BCUT2D eigenvalue weighted by Crippen LogP contribution is 2.27. The van der Waals surface area contributed by atoms with Gasteiger partial charge in [0.05, 0.1) is 4.92 Å². The topological polar surface area (TPSA) is 80.5 Å². The fourth-order valence-electron chi connectivity index (χ4n) is 2.93. The molecule has 0 aliphatic carbocycles. The van der Waals surface area contributed by atoms with E-state index >= 15 is 0 Å². The van der Waals surface area contributed by atoms with Crippen LogP contribution in [0.1, 0.15) is 11.1 Å². The highest BCUT2D eigenvalue weighted by Gasteiger charge is 2.31. The summed E-state index contributed by atoms with van der Waals surface area (Å²) in [4.78, 5) is 10.4. The Kier molecular flexibility index (Phi) is 6.18. The maximum atomic E-state index is 13.3. The highest BCUT2D eigenvalue weighted by atomic mass is 32.2. The first kappa shape index (κ1) is 19.7. The summed E-state index contributed by atoms with van der Waals surface area (Å²) < 4.78 is 27.9. The average molecular weight is 396 g/mol. The van der Waals surface area contributed by atoms with Gasteiger partial charge in [0.2, 0.25) is 10.0 Å². The number of nitro groups is 1. The molecule has 0 aliphatic rings. The molecule has 0 fully saturated rings. The van der Waals surface area contributed by atoms with E-state index in [2.05, 4.69) is 0 Å². The molecule has 0 unspecified atom stereocenters. The number of benzene rings is 3. The molecule has 3 aromatic rings. The summed E-state index contributed by atoms with van der Waals surface area (Å²) in [5.41, 5.74) is 1.40. The van der Waals surface area contributed by atoms with Crippen LogP contribution in [0.3, 0.4) is 0 Å². The van der Waals surface area contributed by atoms with Crippen molar-refractivity contribution in [3.8, 4) is 0 Å². The van der Waals surface area contributed by atoms with Crippen molar-refractivity contribution in [1.82, 2.24) is 4.31 Å². The van der Waals surface area contributed by atoms with E-state index in [-0.39, 0.29) is 18.0 Å². The van der Waals surface area contributed by atoms with Crippen LogP contribution in [0.4, 0.5) is 5.69 Å². The van der Waals surface area contributed by atoms with Crippen molar-refractivity contribution in [2.75, 3.05) is 6.54 Å². The van der Waals surface area contributed by atoms with Crippen molar-refractivity contribution in [2.24, 2.45) is 0 Å². The van der Waals surface area contributed by atoms with Crippen LogP contribution in [0, 0.1) is 10.1 Å². The molecule has 0 aromatic heterocycles. The molecule has 0 atom stereocenters. The second-order valence-electron chi connectivity index (χ2n) is 6.28. The van der Waals surface area contributed by atoms with Gasteiger partial charge in [-0.05, 0) is 23.6 Å². The van der Waals surface area contributed by atoms with Crippen molar-refractivity contribution in [2.45, 2.75) is 17.9 Å². The molecule has 3 rings (SSSR count). The van der Waals surface area contributed by atoms with Crippen LogP contribution < -0.4 is 0 Å². The third-order valence-corrected chi connectivity index (χ3v) is 6.27. The number of hydrogen-bond acceptors (Lipinski definition) is 4. The molecule has 0 saturated heterocycles. The second kappa shape index (κ2) is 8.77. The van der Waals surface area contributed by atoms with Gasteiger partial charge in [-0.2, -0.15) is 4.31 Å². The van der Waals surface area contributed by atoms with E-state index in [4.69, 9.17) is 0 Å². The Bertz CT molecular complexity index is 1040. The molecule has 0 aliphatic heterocycles. The number of rotatable bonds is 8. The number of sulfonamides is 1. The Morgan fingerprint density at radius 3 is 1.93 bits per heavy atom. The van der Waals surface area contributed by atoms with Crippen molar-refractivity contribution >= 4 is 15.7 Å². The van der Waals surface area contributed by atoms with Crippen molar-refractivity contribution in [3.05, 3.63) is 106 Å². The van der Waals surface area contributed by atoms with E-state index in [1.54, 1.807) is 0 Å². The highest BCUT2D eigenvalue weighted by molar-refractivity contribution is 7.89. The van der Waals surface area contributed by atoms with Gasteiger partial charge in [0.15, 0.2) is 4.90 Å². The van der Waals surface area contributed by atoms with Gasteiger partial charge in [0.1, 0.15) is 0 Å². The zero-order valence-corrected chi connectivity index (χ0v) is 16.0. The molecule has 28 heavy (non-hydrogen) atoms. The summed E-state index contributed by atoms with van der Waals surface area (Å²) in [5, 5.41) is 11.4. The van der Waals surface area contributed by atoms with Gasteiger partial charge in [-0.1, -0.05) is 72.8 Å². The standard InChI is InChI=1S/C21H20N2O4S/c24-23(25)20-13-7-8-14-21(20)28(26,27)22(17-19-11-5-2-6-12-19)16-15-18-9-3-1-4-10-18/h1-14H,15-17H2. The van der Waals surface area contributed by atoms with Crippen LogP contribution in [0.25, 0.3) is 0 Å². The molecule has 0 N–H and O–H groups in total. The minimum Gasteiger partial charge on any atom is -0.258 e. The Morgan fingerprint density at radius 2 is 1.32 bits per heavy atom. The van der Waals surface area contributed by atoms with E-state index < -0.39 is 20.6 Å². The zero-order valence-electron chi connectivity index (χ0n) is 15.1. The maximum Gasteiger partial charge on any atom is 0.289 e. The Labute approximate surface area is 164 Å². The van der Waals surface area contributed by atoms with Crippen LogP contribution >= 0.6 is 0 Å². The van der Waals surface area contributed by atoms with Gasteiger partial charge >= 0.3 is 0 Å². The predicted molar refractivity (Wildman–Crippen MR) is 107 cm³/mol. The largest absolute Gasteiger partial charge is 0.289 e. The van der Waals surface area contributed by atoms with E-state index in [0.717, 1.165) is 11.1 Å². The number of nitro benzene ring substituents is 1. The maximum absolute atomic E-state index is 13.3. The van der Waals surface area contributed by atoms with Gasteiger partial charge in [-0.25, -0.2) is 8.42 Å². The molecule has 0 amide bonds. The molecule has 0 radical (unpaired) electrons. The summed E-state index contributed by atoms with van der Waals surface area (Å²) in [6.07, 6.45) is 0.507. The minimum atomic E-state index is -4.05.